The molecule has 0 aliphatic heterocycles. The molecule has 1 atom stereocenters. The molecule has 2 N–H and O–H groups in total. The molecular weight excluding hydrogens is 311 g/mol. The molecule has 0 fully saturated rings. The van der Waals surface area contributed by atoms with Crippen LogP contribution < -0.4 is 5.32 Å². The highest BCUT2D eigenvalue weighted by Gasteiger charge is 2.74. The number of allylic oxidation sites excluding steroid dienone is 4. The van der Waals surface area contributed by atoms with Crippen molar-refractivity contribution in [2.75, 3.05) is 0 Å². The third-order valence-corrected chi connectivity index (χ3v) is 3.00. The minimum absolute atomic E-state index is 0.113. The van der Waals surface area contributed by atoms with E-state index in [-0.39, 0.29) is 5.70 Å². The standard InChI is InChI=1S/C11H10F7NO2/c1-5-4-6(2-3-7(5)19-8(20)21)9(12,10(13,14)15)11(16,17)18/h2-3,5,19H,4H2,1H3,(H,20,21)/t5-/m1/s1. The van der Waals surface area contributed by atoms with Crippen LogP contribution in [0.15, 0.2) is 23.4 Å². The Morgan fingerprint density at radius 1 is 1.14 bits per heavy atom. The quantitative estimate of drug-likeness (QED) is 0.757. The van der Waals surface area contributed by atoms with Gasteiger partial charge >= 0.3 is 24.1 Å². The third-order valence-electron chi connectivity index (χ3n) is 3.00. The molecule has 0 aromatic rings. The zero-order chi connectivity index (χ0) is 16.6. The lowest BCUT2D eigenvalue weighted by molar-refractivity contribution is -0.327. The maximum Gasteiger partial charge on any atom is 0.435 e. The Morgan fingerprint density at radius 2 is 1.62 bits per heavy atom. The molecular formula is C11H10F7NO2. The molecule has 21 heavy (non-hydrogen) atoms. The third kappa shape index (κ3) is 3.13. The van der Waals surface area contributed by atoms with Gasteiger partial charge in [-0.05, 0) is 18.1 Å². The van der Waals surface area contributed by atoms with Gasteiger partial charge in [0.15, 0.2) is 0 Å². The minimum atomic E-state index is -6.16. The average Bonchev–Trinajstić information content (AvgIpc) is 2.27. The lowest BCUT2D eigenvalue weighted by Crippen LogP contribution is -2.55. The van der Waals surface area contributed by atoms with Gasteiger partial charge in [0.1, 0.15) is 0 Å². The zero-order valence-corrected chi connectivity index (χ0v) is 10.4. The van der Waals surface area contributed by atoms with Gasteiger partial charge in [-0.1, -0.05) is 13.0 Å². The Kier molecular flexibility index (Phi) is 4.31. The normalized spacial score (nSPS) is 20.7. The smallest absolute Gasteiger partial charge is 0.435 e. The van der Waals surface area contributed by atoms with E-state index < -0.39 is 42.0 Å². The summed E-state index contributed by atoms with van der Waals surface area (Å²) in [4.78, 5) is 10.4. The van der Waals surface area contributed by atoms with Crippen LogP contribution in [0.25, 0.3) is 0 Å². The summed E-state index contributed by atoms with van der Waals surface area (Å²) >= 11 is 0. The molecule has 1 rings (SSSR count). The van der Waals surface area contributed by atoms with Crippen molar-refractivity contribution in [3.8, 4) is 0 Å². The number of amides is 1. The van der Waals surface area contributed by atoms with Crippen LogP contribution in [0.3, 0.4) is 0 Å². The molecule has 0 bridgehead atoms. The van der Waals surface area contributed by atoms with E-state index in [2.05, 4.69) is 0 Å². The first-order valence-electron chi connectivity index (χ1n) is 5.54. The molecule has 1 amide bonds. The molecule has 0 radical (unpaired) electrons. The molecule has 0 unspecified atom stereocenters. The van der Waals surface area contributed by atoms with Gasteiger partial charge in [0.25, 0.3) is 0 Å². The van der Waals surface area contributed by atoms with Crippen LogP contribution in [-0.4, -0.2) is 29.2 Å². The summed E-state index contributed by atoms with van der Waals surface area (Å²) in [6.07, 6.45) is -13.8. The predicted octanol–water partition coefficient (Wildman–Crippen LogP) is 3.94. The van der Waals surface area contributed by atoms with E-state index in [0.29, 0.717) is 12.2 Å². The van der Waals surface area contributed by atoms with E-state index in [1.165, 1.54) is 6.92 Å². The van der Waals surface area contributed by atoms with E-state index in [1.807, 2.05) is 5.32 Å². The van der Waals surface area contributed by atoms with E-state index in [1.54, 1.807) is 0 Å². The van der Waals surface area contributed by atoms with Crippen molar-refractivity contribution >= 4 is 6.09 Å². The molecule has 0 aromatic heterocycles. The molecule has 1 aliphatic rings. The van der Waals surface area contributed by atoms with Crippen LogP contribution in [0, 0.1) is 5.92 Å². The number of hydrogen-bond acceptors (Lipinski definition) is 1. The number of carboxylic acid groups (broad SMARTS) is 1. The number of hydrogen-bond donors (Lipinski definition) is 2. The SMILES string of the molecule is C[C@@H]1CC(C(F)(C(F)(F)F)C(F)(F)F)=CC=C1NC(=O)O. The summed E-state index contributed by atoms with van der Waals surface area (Å²) in [5.41, 5.74) is -7.08. The maximum atomic E-state index is 13.8. The Balaban J connectivity index is 3.28. The topological polar surface area (TPSA) is 49.3 Å². The van der Waals surface area contributed by atoms with E-state index in [4.69, 9.17) is 5.11 Å². The monoisotopic (exact) mass is 321 g/mol. The molecule has 0 saturated carbocycles. The fourth-order valence-corrected chi connectivity index (χ4v) is 1.93. The van der Waals surface area contributed by atoms with Gasteiger partial charge in [-0.25, -0.2) is 9.18 Å². The molecule has 10 heteroatoms. The number of rotatable bonds is 2. The lowest BCUT2D eigenvalue weighted by atomic mass is 9.82. The van der Waals surface area contributed by atoms with Crippen LogP contribution in [0.5, 0.6) is 0 Å². The Labute approximate surface area is 114 Å². The van der Waals surface area contributed by atoms with Gasteiger partial charge in [0.2, 0.25) is 0 Å². The van der Waals surface area contributed by atoms with E-state index in [0.717, 1.165) is 0 Å². The summed E-state index contributed by atoms with van der Waals surface area (Å²) in [5, 5.41) is 10.3. The van der Waals surface area contributed by atoms with Crippen LogP contribution in [0.4, 0.5) is 35.5 Å². The molecule has 0 heterocycles. The molecule has 120 valence electrons. The maximum absolute atomic E-state index is 13.8. The summed E-state index contributed by atoms with van der Waals surface area (Å²) in [6, 6.07) is 0. The van der Waals surface area contributed by atoms with Crippen molar-refractivity contribution in [2.45, 2.75) is 31.4 Å². The summed E-state index contributed by atoms with van der Waals surface area (Å²) < 4.78 is 89.1. The average molecular weight is 321 g/mol. The second-order valence-corrected chi connectivity index (χ2v) is 4.50. The van der Waals surface area contributed by atoms with Gasteiger partial charge in [-0.15, -0.1) is 0 Å². The molecule has 1 aliphatic carbocycles. The number of alkyl halides is 7. The van der Waals surface area contributed by atoms with Crippen molar-refractivity contribution in [1.29, 1.82) is 0 Å². The van der Waals surface area contributed by atoms with Crippen molar-refractivity contribution in [1.82, 2.24) is 5.32 Å². The Bertz CT molecular complexity index is 476. The molecule has 0 spiro atoms. The van der Waals surface area contributed by atoms with Crippen LogP contribution in [0.2, 0.25) is 0 Å². The predicted molar refractivity (Wildman–Crippen MR) is 57.1 cm³/mol. The van der Waals surface area contributed by atoms with Crippen molar-refractivity contribution in [2.24, 2.45) is 5.92 Å². The highest BCUT2D eigenvalue weighted by atomic mass is 19.4. The van der Waals surface area contributed by atoms with Crippen molar-refractivity contribution in [3.63, 3.8) is 0 Å². The van der Waals surface area contributed by atoms with E-state index in [9.17, 15) is 35.5 Å². The molecule has 3 nitrogen and oxygen atoms in total. The van der Waals surface area contributed by atoms with Gasteiger partial charge in [0.05, 0.1) is 0 Å². The molecule has 0 saturated heterocycles. The van der Waals surface area contributed by atoms with Gasteiger partial charge in [-0.2, -0.15) is 26.3 Å². The van der Waals surface area contributed by atoms with Gasteiger partial charge in [-0.3, -0.25) is 5.32 Å². The first kappa shape index (κ1) is 17.3. The fourth-order valence-electron chi connectivity index (χ4n) is 1.93. The summed E-state index contributed by atoms with van der Waals surface area (Å²) in [7, 11) is 0. The second-order valence-electron chi connectivity index (χ2n) is 4.50. The van der Waals surface area contributed by atoms with Gasteiger partial charge in [0, 0.05) is 11.6 Å². The van der Waals surface area contributed by atoms with Crippen LogP contribution in [0.1, 0.15) is 13.3 Å². The summed E-state index contributed by atoms with van der Waals surface area (Å²) in [5.74, 6) is -1.04. The summed E-state index contributed by atoms with van der Waals surface area (Å²) in [6.45, 7) is 1.18. The Hall–Kier alpha value is -1.74. The first-order valence-corrected chi connectivity index (χ1v) is 5.54. The zero-order valence-electron chi connectivity index (χ0n) is 10.4. The van der Waals surface area contributed by atoms with Crippen molar-refractivity contribution < 1.29 is 40.6 Å². The van der Waals surface area contributed by atoms with E-state index >= 15 is 0 Å². The first-order chi connectivity index (χ1) is 9.30. The number of halogens is 7. The second kappa shape index (κ2) is 5.23. The van der Waals surface area contributed by atoms with Crippen LogP contribution >= 0.6 is 0 Å². The fraction of sp³-hybridized carbons (Fsp3) is 0.545. The minimum Gasteiger partial charge on any atom is -0.465 e. The Morgan fingerprint density at radius 3 is 1.95 bits per heavy atom. The van der Waals surface area contributed by atoms with Crippen LogP contribution in [-0.2, 0) is 0 Å². The molecule has 0 aromatic carbocycles. The van der Waals surface area contributed by atoms with Gasteiger partial charge < -0.3 is 5.11 Å². The highest BCUT2D eigenvalue weighted by molar-refractivity contribution is 5.67. The largest absolute Gasteiger partial charge is 0.465 e. The highest BCUT2D eigenvalue weighted by Crippen LogP contribution is 2.52. The number of nitrogens with one attached hydrogen (secondary N) is 1. The lowest BCUT2D eigenvalue weighted by Gasteiger charge is -2.34. The number of carbonyl (C=O) groups is 1. The van der Waals surface area contributed by atoms with Crippen molar-refractivity contribution in [3.05, 3.63) is 23.4 Å².